The number of carboxylic acids is 1. The van der Waals surface area contributed by atoms with E-state index in [1.807, 2.05) is 18.7 Å². The third-order valence-corrected chi connectivity index (χ3v) is 4.94. The van der Waals surface area contributed by atoms with Crippen LogP contribution in [0.5, 0.6) is 0 Å². The van der Waals surface area contributed by atoms with Crippen LogP contribution in [0.2, 0.25) is 0 Å². The third-order valence-electron chi connectivity index (χ3n) is 4.94. The zero-order valence-corrected chi connectivity index (χ0v) is 18.0. The molecule has 0 aliphatic heterocycles. The Kier molecular flexibility index (Phi) is 11.0. The zero-order chi connectivity index (χ0) is 22.6. The molecule has 164 valence electrons. The highest BCUT2D eigenvalue weighted by atomic mass is 16.5. The number of carboxylic acid groups (broad SMARTS) is 1. The Morgan fingerprint density at radius 1 is 0.867 bits per heavy atom. The fraction of sp³-hybridized carbons (Fsp3) is 0.417. The Balaban J connectivity index is 0.000000414. The van der Waals surface area contributed by atoms with Crippen LogP contribution in [-0.2, 0) is 0 Å². The molecule has 0 radical (unpaired) electrons. The summed E-state index contributed by atoms with van der Waals surface area (Å²) in [7, 11) is 0. The number of carbonyl (C=O) groups excluding carboxylic acids is 1. The fourth-order valence-corrected chi connectivity index (χ4v) is 3.23. The first kappa shape index (κ1) is 25.5. The number of carbonyl (C=O) groups is 2. The lowest BCUT2D eigenvalue weighted by atomic mass is 9.92. The molecule has 1 unspecified atom stereocenters. The summed E-state index contributed by atoms with van der Waals surface area (Å²) in [4.78, 5) is 24.6. The van der Waals surface area contributed by atoms with E-state index in [2.05, 4.69) is 6.92 Å². The molecule has 0 aliphatic rings. The average molecular weight is 416 g/mol. The maximum atomic E-state index is 12.5. The van der Waals surface area contributed by atoms with E-state index in [0.717, 1.165) is 12.8 Å². The summed E-state index contributed by atoms with van der Waals surface area (Å²) >= 11 is 0. The number of nitrogens with zero attached hydrogens (tertiary/aromatic N) is 1. The van der Waals surface area contributed by atoms with Gasteiger partial charge in [0.2, 0.25) is 11.6 Å². The standard InChI is InChI=1S/C17H27NO3.C7H6O2/c1-4-7-13-15(18(5-2)6-3)17(20,21)16(19)14-11-9-8-10-12-14;8-7(9)6-4-2-1-3-5-6/h8-12,15,20-21H,4-7,13H2,1-3H3;1-5H,(H,8,9). The summed E-state index contributed by atoms with van der Waals surface area (Å²) in [6.45, 7) is 7.33. The van der Waals surface area contributed by atoms with Crippen molar-refractivity contribution in [1.82, 2.24) is 4.90 Å². The number of aliphatic hydroxyl groups is 2. The molecule has 1 atom stereocenters. The van der Waals surface area contributed by atoms with Crippen molar-refractivity contribution >= 4 is 11.8 Å². The molecular weight excluding hydrogens is 382 g/mol. The number of ketones is 1. The summed E-state index contributed by atoms with van der Waals surface area (Å²) in [6.07, 6.45) is 2.39. The maximum absolute atomic E-state index is 12.5. The molecule has 0 bridgehead atoms. The van der Waals surface area contributed by atoms with Crippen LogP contribution in [0.25, 0.3) is 0 Å². The molecular formula is C24H33NO5. The highest BCUT2D eigenvalue weighted by molar-refractivity contribution is 6.01. The van der Waals surface area contributed by atoms with Crippen LogP contribution in [0.15, 0.2) is 60.7 Å². The van der Waals surface area contributed by atoms with E-state index >= 15 is 0 Å². The Morgan fingerprint density at radius 3 is 1.70 bits per heavy atom. The van der Waals surface area contributed by atoms with E-state index in [9.17, 15) is 19.8 Å². The molecule has 2 rings (SSSR count). The Bertz CT molecular complexity index is 758. The van der Waals surface area contributed by atoms with Crippen molar-refractivity contribution in [1.29, 1.82) is 0 Å². The van der Waals surface area contributed by atoms with Crippen molar-refractivity contribution in [3.05, 3.63) is 71.8 Å². The van der Waals surface area contributed by atoms with Crippen molar-refractivity contribution in [3.63, 3.8) is 0 Å². The quantitative estimate of drug-likeness (QED) is 0.403. The molecule has 0 saturated heterocycles. The molecule has 3 N–H and O–H groups in total. The Morgan fingerprint density at radius 2 is 1.33 bits per heavy atom. The highest BCUT2D eigenvalue weighted by Gasteiger charge is 2.44. The van der Waals surface area contributed by atoms with Crippen LogP contribution < -0.4 is 0 Å². The molecule has 2 aromatic carbocycles. The summed E-state index contributed by atoms with van der Waals surface area (Å²) < 4.78 is 0. The van der Waals surface area contributed by atoms with Gasteiger partial charge in [-0.3, -0.25) is 9.69 Å². The first-order chi connectivity index (χ1) is 14.3. The van der Waals surface area contributed by atoms with Gasteiger partial charge in [-0.2, -0.15) is 0 Å². The molecule has 0 aromatic heterocycles. The van der Waals surface area contributed by atoms with Gasteiger partial charge in [-0.15, -0.1) is 0 Å². The fourth-order valence-electron chi connectivity index (χ4n) is 3.23. The van der Waals surface area contributed by atoms with Gasteiger partial charge in [0, 0.05) is 5.56 Å². The second-order valence-corrected chi connectivity index (χ2v) is 6.97. The molecule has 0 amide bonds. The van der Waals surface area contributed by atoms with E-state index in [-0.39, 0.29) is 0 Å². The zero-order valence-electron chi connectivity index (χ0n) is 18.0. The molecule has 6 heteroatoms. The Hall–Kier alpha value is -2.54. The molecule has 0 aliphatic carbocycles. The molecule has 6 nitrogen and oxygen atoms in total. The predicted molar refractivity (Wildman–Crippen MR) is 118 cm³/mol. The van der Waals surface area contributed by atoms with Gasteiger partial charge in [0.25, 0.3) is 0 Å². The predicted octanol–water partition coefficient (Wildman–Crippen LogP) is 3.84. The van der Waals surface area contributed by atoms with Gasteiger partial charge >= 0.3 is 5.97 Å². The average Bonchev–Trinajstić information content (AvgIpc) is 2.77. The second-order valence-electron chi connectivity index (χ2n) is 6.97. The summed E-state index contributed by atoms with van der Waals surface area (Å²) in [5, 5.41) is 29.4. The van der Waals surface area contributed by atoms with Gasteiger partial charge in [0.05, 0.1) is 11.6 Å². The van der Waals surface area contributed by atoms with Gasteiger partial charge in [-0.25, -0.2) is 4.79 Å². The normalized spacial score (nSPS) is 12.1. The van der Waals surface area contributed by atoms with Gasteiger partial charge in [-0.05, 0) is 31.6 Å². The van der Waals surface area contributed by atoms with E-state index < -0.39 is 23.6 Å². The van der Waals surface area contributed by atoms with Crippen LogP contribution in [0.4, 0.5) is 0 Å². The molecule has 0 saturated carbocycles. The smallest absolute Gasteiger partial charge is 0.335 e. The van der Waals surface area contributed by atoms with Crippen molar-refractivity contribution in [2.45, 2.75) is 51.9 Å². The molecule has 0 spiro atoms. The molecule has 30 heavy (non-hydrogen) atoms. The van der Waals surface area contributed by atoms with Crippen molar-refractivity contribution < 1.29 is 24.9 Å². The maximum Gasteiger partial charge on any atom is 0.335 e. The van der Waals surface area contributed by atoms with Gasteiger partial charge < -0.3 is 15.3 Å². The number of hydrogen-bond acceptors (Lipinski definition) is 5. The van der Waals surface area contributed by atoms with E-state index in [0.29, 0.717) is 30.6 Å². The lowest BCUT2D eigenvalue weighted by Crippen LogP contribution is -2.57. The minimum absolute atomic E-state index is 0.330. The first-order valence-electron chi connectivity index (χ1n) is 10.4. The molecule has 2 aromatic rings. The minimum Gasteiger partial charge on any atom is -0.478 e. The SMILES string of the molecule is CCCCC(N(CC)CC)C(O)(O)C(=O)c1ccccc1.O=C(O)c1ccccc1. The van der Waals surface area contributed by atoms with Crippen molar-refractivity contribution in [2.75, 3.05) is 13.1 Å². The Labute approximate surface area is 178 Å². The summed E-state index contributed by atoms with van der Waals surface area (Å²) in [5.41, 5.74) is 0.661. The minimum atomic E-state index is -2.36. The second kappa shape index (κ2) is 12.9. The van der Waals surface area contributed by atoms with E-state index in [1.165, 1.54) is 0 Å². The van der Waals surface area contributed by atoms with Crippen LogP contribution >= 0.6 is 0 Å². The van der Waals surface area contributed by atoms with Crippen LogP contribution in [0.1, 0.15) is 60.7 Å². The number of Topliss-reactive ketones (excluding diaryl/α,β-unsaturated/α-hetero) is 1. The van der Waals surface area contributed by atoms with E-state index in [1.54, 1.807) is 60.7 Å². The number of likely N-dealkylation sites (N-methyl/N-ethyl adjacent to an activating group) is 1. The van der Waals surface area contributed by atoms with Gasteiger partial charge in [0.1, 0.15) is 0 Å². The van der Waals surface area contributed by atoms with Gasteiger partial charge in [0.15, 0.2) is 0 Å². The van der Waals surface area contributed by atoms with Gasteiger partial charge in [-0.1, -0.05) is 82.1 Å². The number of benzene rings is 2. The van der Waals surface area contributed by atoms with E-state index in [4.69, 9.17) is 5.11 Å². The van der Waals surface area contributed by atoms with Crippen LogP contribution in [-0.4, -0.2) is 56.9 Å². The third kappa shape index (κ3) is 7.37. The molecule has 0 heterocycles. The summed E-state index contributed by atoms with van der Waals surface area (Å²) in [5.74, 6) is -3.87. The summed E-state index contributed by atoms with van der Waals surface area (Å²) in [6, 6.07) is 16.2. The lowest BCUT2D eigenvalue weighted by molar-refractivity contribution is -0.169. The first-order valence-corrected chi connectivity index (χ1v) is 10.4. The monoisotopic (exact) mass is 415 g/mol. The molecule has 0 fully saturated rings. The number of aromatic carboxylic acids is 1. The highest BCUT2D eigenvalue weighted by Crippen LogP contribution is 2.24. The van der Waals surface area contributed by atoms with Crippen LogP contribution in [0.3, 0.4) is 0 Å². The number of unbranched alkanes of at least 4 members (excludes halogenated alkanes) is 1. The largest absolute Gasteiger partial charge is 0.478 e. The van der Waals surface area contributed by atoms with Crippen LogP contribution in [0, 0.1) is 0 Å². The topological polar surface area (TPSA) is 98.1 Å². The lowest BCUT2D eigenvalue weighted by Gasteiger charge is -2.38. The number of rotatable bonds is 10. The van der Waals surface area contributed by atoms with Crippen molar-refractivity contribution in [2.24, 2.45) is 0 Å². The number of hydrogen-bond donors (Lipinski definition) is 3. The van der Waals surface area contributed by atoms with Crippen molar-refractivity contribution in [3.8, 4) is 0 Å².